The van der Waals surface area contributed by atoms with Gasteiger partial charge in [0.1, 0.15) is 0 Å². The van der Waals surface area contributed by atoms with Crippen LogP contribution in [0.3, 0.4) is 0 Å². The van der Waals surface area contributed by atoms with Gasteiger partial charge < -0.3 is 0 Å². The fourth-order valence-electron chi connectivity index (χ4n) is 2.37. The van der Waals surface area contributed by atoms with Crippen LogP contribution < -0.4 is 0 Å². The number of fused-ring (bicyclic) bond motifs is 1. The Hall–Kier alpha value is -1.82. The van der Waals surface area contributed by atoms with Crippen molar-refractivity contribution in [2.24, 2.45) is 0 Å². The first-order valence-corrected chi connectivity index (χ1v) is 6.54. The van der Waals surface area contributed by atoms with E-state index in [1.165, 1.54) is 35.1 Å². The smallest absolute Gasteiger partial charge is 0.00914 e. The van der Waals surface area contributed by atoms with Crippen molar-refractivity contribution in [1.82, 2.24) is 0 Å². The molecule has 0 saturated heterocycles. The van der Waals surface area contributed by atoms with Gasteiger partial charge in [-0.1, -0.05) is 66.8 Å². The van der Waals surface area contributed by atoms with Crippen molar-refractivity contribution in [2.75, 3.05) is 0 Å². The Bertz CT molecular complexity index is 513. The predicted molar refractivity (Wildman–Crippen MR) is 80.5 cm³/mol. The predicted octanol–water partition coefficient (Wildman–Crippen LogP) is 5.09. The van der Waals surface area contributed by atoms with Gasteiger partial charge in [0.15, 0.2) is 0 Å². The Kier molecular flexibility index (Phi) is 4.35. The Morgan fingerprint density at radius 2 is 2.17 bits per heavy atom. The van der Waals surface area contributed by atoms with Crippen LogP contribution in [0.1, 0.15) is 30.9 Å². The average Bonchev–Trinajstić information content (AvgIpc) is 2.39. The minimum absolute atomic E-state index is 1.01. The molecule has 0 nitrogen and oxygen atoms in total. The van der Waals surface area contributed by atoms with Gasteiger partial charge in [-0.25, -0.2) is 0 Å². The summed E-state index contributed by atoms with van der Waals surface area (Å²) in [7, 11) is 0. The zero-order valence-corrected chi connectivity index (χ0v) is 11.0. The second-order valence-corrected chi connectivity index (χ2v) is 4.68. The molecule has 1 aliphatic rings. The highest BCUT2D eigenvalue weighted by atomic mass is 14.1. The van der Waals surface area contributed by atoms with Crippen molar-refractivity contribution in [1.29, 1.82) is 0 Å². The number of hydrogen-bond donors (Lipinski definition) is 0. The zero-order valence-electron chi connectivity index (χ0n) is 11.0. The standard InChI is InChI=1S/C18H20/c1-3-8-15(2)9-6-11-17-13-7-12-16-10-4-5-14-18(16)17/h3-6,8-10,13-14H,1,7,11-12H2,2H3/b9-6-,15-8-. The summed E-state index contributed by atoms with van der Waals surface area (Å²) in [5, 5.41) is 0. The van der Waals surface area contributed by atoms with Crippen LogP contribution in [0.15, 0.2) is 66.8 Å². The van der Waals surface area contributed by atoms with Gasteiger partial charge in [0, 0.05) is 0 Å². The van der Waals surface area contributed by atoms with Gasteiger partial charge in [-0.2, -0.15) is 0 Å². The quantitative estimate of drug-likeness (QED) is 0.638. The second-order valence-electron chi connectivity index (χ2n) is 4.68. The lowest BCUT2D eigenvalue weighted by Crippen LogP contribution is -1.98. The molecule has 18 heavy (non-hydrogen) atoms. The number of rotatable bonds is 4. The number of hydrogen-bond acceptors (Lipinski definition) is 0. The Labute approximate surface area is 110 Å². The van der Waals surface area contributed by atoms with E-state index < -0.39 is 0 Å². The van der Waals surface area contributed by atoms with Crippen LogP contribution in [0.2, 0.25) is 0 Å². The molecular weight excluding hydrogens is 216 g/mol. The van der Waals surface area contributed by atoms with E-state index in [2.05, 4.69) is 56.0 Å². The first kappa shape index (κ1) is 12.6. The maximum Gasteiger partial charge on any atom is -0.00914 e. The monoisotopic (exact) mass is 236 g/mol. The van der Waals surface area contributed by atoms with Gasteiger partial charge in [0.2, 0.25) is 0 Å². The molecule has 1 aromatic carbocycles. The van der Waals surface area contributed by atoms with E-state index >= 15 is 0 Å². The minimum atomic E-state index is 1.01. The fraction of sp³-hybridized carbons (Fsp3) is 0.222. The molecule has 1 aliphatic carbocycles. The molecule has 1 aromatic rings. The Balaban J connectivity index is 2.09. The summed E-state index contributed by atoms with van der Waals surface area (Å²) in [5.74, 6) is 0. The molecule has 0 saturated carbocycles. The highest BCUT2D eigenvalue weighted by Gasteiger charge is 2.09. The van der Waals surface area contributed by atoms with Crippen LogP contribution in [0.25, 0.3) is 5.57 Å². The summed E-state index contributed by atoms with van der Waals surface area (Å²) in [6, 6.07) is 8.74. The third kappa shape index (κ3) is 3.10. The van der Waals surface area contributed by atoms with Crippen LogP contribution in [-0.4, -0.2) is 0 Å². The van der Waals surface area contributed by atoms with Crippen molar-refractivity contribution in [3.63, 3.8) is 0 Å². The lowest BCUT2D eigenvalue weighted by atomic mass is 9.89. The van der Waals surface area contributed by atoms with Crippen molar-refractivity contribution < 1.29 is 0 Å². The fourth-order valence-corrected chi connectivity index (χ4v) is 2.37. The van der Waals surface area contributed by atoms with Crippen LogP contribution in [0, 0.1) is 0 Å². The van der Waals surface area contributed by atoms with Crippen molar-refractivity contribution >= 4 is 5.57 Å². The van der Waals surface area contributed by atoms with Gasteiger partial charge in [0.25, 0.3) is 0 Å². The summed E-state index contributed by atoms with van der Waals surface area (Å²) in [4.78, 5) is 0. The van der Waals surface area contributed by atoms with Crippen LogP contribution in [0.4, 0.5) is 0 Å². The first-order valence-electron chi connectivity index (χ1n) is 6.54. The third-order valence-corrected chi connectivity index (χ3v) is 3.27. The molecule has 0 heterocycles. The summed E-state index contributed by atoms with van der Waals surface area (Å²) in [6.45, 7) is 5.81. The molecule has 0 radical (unpaired) electrons. The third-order valence-electron chi connectivity index (χ3n) is 3.27. The molecule has 0 aromatic heterocycles. The molecule has 0 amide bonds. The molecular formula is C18H20. The van der Waals surface area contributed by atoms with E-state index in [0.29, 0.717) is 0 Å². The summed E-state index contributed by atoms with van der Waals surface area (Å²) < 4.78 is 0. The molecule has 92 valence electrons. The molecule has 0 aliphatic heterocycles. The summed E-state index contributed by atoms with van der Waals surface area (Å²) in [6.07, 6.45) is 14.0. The Morgan fingerprint density at radius 3 is 3.00 bits per heavy atom. The van der Waals surface area contributed by atoms with Gasteiger partial charge >= 0.3 is 0 Å². The van der Waals surface area contributed by atoms with Gasteiger partial charge in [0.05, 0.1) is 0 Å². The maximum absolute atomic E-state index is 3.71. The number of aryl methyl sites for hydroxylation is 1. The van der Waals surface area contributed by atoms with Crippen molar-refractivity contribution in [3.05, 3.63) is 77.9 Å². The number of benzene rings is 1. The van der Waals surface area contributed by atoms with E-state index in [4.69, 9.17) is 0 Å². The molecule has 0 N–H and O–H groups in total. The zero-order chi connectivity index (χ0) is 12.8. The topological polar surface area (TPSA) is 0 Å². The molecule has 0 bridgehead atoms. The van der Waals surface area contributed by atoms with E-state index in [1.807, 2.05) is 12.2 Å². The van der Waals surface area contributed by atoms with Crippen LogP contribution in [0.5, 0.6) is 0 Å². The van der Waals surface area contributed by atoms with Crippen molar-refractivity contribution in [2.45, 2.75) is 26.2 Å². The molecule has 0 spiro atoms. The van der Waals surface area contributed by atoms with Crippen LogP contribution >= 0.6 is 0 Å². The van der Waals surface area contributed by atoms with E-state index in [0.717, 1.165) is 6.42 Å². The number of allylic oxidation sites excluding steroid dienone is 7. The first-order chi connectivity index (χ1) is 8.81. The molecule has 0 fully saturated rings. The van der Waals surface area contributed by atoms with Gasteiger partial charge in [-0.05, 0) is 42.9 Å². The molecule has 0 unspecified atom stereocenters. The van der Waals surface area contributed by atoms with E-state index in [9.17, 15) is 0 Å². The molecule has 2 rings (SSSR count). The normalized spacial score (nSPS) is 15.4. The largest absolute Gasteiger partial charge is 0.0991 e. The van der Waals surface area contributed by atoms with Crippen molar-refractivity contribution in [3.8, 4) is 0 Å². The van der Waals surface area contributed by atoms with E-state index in [-0.39, 0.29) is 0 Å². The Morgan fingerprint density at radius 1 is 1.33 bits per heavy atom. The maximum atomic E-state index is 3.71. The second kappa shape index (κ2) is 6.20. The van der Waals surface area contributed by atoms with Gasteiger partial charge in [-0.3, -0.25) is 0 Å². The summed E-state index contributed by atoms with van der Waals surface area (Å²) >= 11 is 0. The minimum Gasteiger partial charge on any atom is -0.0991 e. The van der Waals surface area contributed by atoms with E-state index in [1.54, 1.807) is 0 Å². The molecule has 0 heteroatoms. The summed E-state index contributed by atoms with van der Waals surface area (Å²) in [5.41, 5.74) is 5.62. The molecule has 0 atom stereocenters. The lowest BCUT2D eigenvalue weighted by Gasteiger charge is -2.16. The average molecular weight is 236 g/mol. The highest BCUT2D eigenvalue weighted by molar-refractivity contribution is 5.71. The van der Waals surface area contributed by atoms with Crippen LogP contribution in [-0.2, 0) is 6.42 Å². The van der Waals surface area contributed by atoms with Gasteiger partial charge in [-0.15, -0.1) is 0 Å². The lowest BCUT2D eigenvalue weighted by molar-refractivity contribution is 0.969. The SMILES string of the molecule is C=C/C=C(C)\C=C/CC1=CCCc2ccccc21. The highest BCUT2D eigenvalue weighted by Crippen LogP contribution is 2.28.